The standard InChI is InChI=1S/C22H24N2O2.C4H8.3C2H6/c1-14(2)21-18-12-17(20(25)13-19(18)23-22(21)26)15-6-8-16(9-7-15)24-10-4-3-5-11-24;1-3-4-2;3*1-2/h6-9,12-13,25H,3-5,10-11H2,1-2H3,(H,23,26);3-4H,1-2H3;3*1-2H3/b;4-3+;;;. The normalized spacial score (nSPS) is 13.4. The van der Waals surface area contributed by atoms with Crippen LogP contribution in [0.1, 0.15) is 94.1 Å². The quantitative estimate of drug-likeness (QED) is 0.323. The third-order valence-electron chi connectivity index (χ3n) is 5.61. The summed E-state index contributed by atoms with van der Waals surface area (Å²) in [7, 11) is 0. The highest BCUT2D eigenvalue weighted by Gasteiger charge is 2.27. The molecule has 1 saturated heterocycles. The molecule has 200 valence electrons. The van der Waals surface area contributed by atoms with Crippen LogP contribution in [0.4, 0.5) is 11.4 Å². The van der Waals surface area contributed by atoms with E-state index in [9.17, 15) is 9.90 Å². The third kappa shape index (κ3) is 8.89. The Morgan fingerprint density at radius 3 is 1.83 bits per heavy atom. The number of aromatic hydroxyl groups is 1. The summed E-state index contributed by atoms with van der Waals surface area (Å²) in [6, 6.07) is 11.9. The van der Waals surface area contributed by atoms with Crippen LogP contribution in [0, 0.1) is 0 Å². The van der Waals surface area contributed by atoms with Gasteiger partial charge in [-0.1, -0.05) is 71.4 Å². The molecule has 0 saturated carbocycles. The molecule has 0 unspecified atom stereocenters. The molecule has 0 bridgehead atoms. The van der Waals surface area contributed by atoms with Crippen LogP contribution in [0.5, 0.6) is 5.75 Å². The van der Waals surface area contributed by atoms with E-state index < -0.39 is 0 Å². The van der Waals surface area contributed by atoms with Gasteiger partial charge in [0, 0.05) is 41.5 Å². The largest absolute Gasteiger partial charge is 0.507 e. The highest BCUT2D eigenvalue weighted by molar-refractivity contribution is 6.32. The topological polar surface area (TPSA) is 52.6 Å². The van der Waals surface area contributed by atoms with Gasteiger partial charge in [0.15, 0.2) is 0 Å². The molecule has 4 nitrogen and oxygen atoms in total. The van der Waals surface area contributed by atoms with E-state index in [0.717, 1.165) is 35.4 Å². The lowest BCUT2D eigenvalue weighted by Gasteiger charge is -2.28. The molecule has 2 aromatic carbocycles. The Bertz CT molecular complexity index is 958. The molecular weight excluding hydrogens is 444 g/mol. The summed E-state index contributed by atoms with van der Waals surface area (Å²) in [4.78, 5) is 14.6. The summed E-state index contributed by atoms with van der Waals surface area (Å²) in [6.07, 6.45) is 7.82. The molecule has 0 aromatic heterocycles. The van der Waals surface area contributed by atoms with Gasteiger partial charge in [-0.2, -0.15) is 0 Å². The molecule has 4 rings (SSSR count). The highest BCUT2D eigenvalue weighted by Crippen LogP contribution is 2.41. The van der Waals surface area contributed by atoms with Crippen LogP contribution < -0.4 is 10.2 Å². The van der Waals surface area contributed by atoms with Crippen LogP contribution in [0.3, 0.4) is 0 Å². The van der Waals surface area contributed by atoms with Crippen molar-refractivity contribution < 1.29 is 9.90 Å². The maximum absolute atomic E-state index is 12.2. The Balaban J connectivity index is 0.00000108. The Kier molecular flexibility index (Phi) is 16.8. The fraction of sp³-hybridized carbons (Fsp3) is 0.469. The smallest absolute Gasteiger partial charge is 0.256 e. The number of carbonyl (C=O) groups is 1. The predicted molar refractivity (Wildman–Crippen MR) is 161 cm³/mol. The van der Waals surface area contributed by atoms with Gasteiger partial charge in [0.05, 0.1) is 5.69 Å². The number of fused-ring (bicyclic) bond motifs is 1. The second-order valence-corrected chi connectivity index (χ2v) is 8.01. The SMILES string of the molecule is C/C=C/C.CC.CC.CC.CC(C)=C1C(=O)Nc2cc(O)c(-c3ccc(N4CCCCC4)cc3)cc21. The van der Waals surface area contributed by atoms with Crippen molar-refractivity contribution >= 4 is 22.9 Å². The summed E-state index contributed by atoms with van der Waals surface area (Å²) in [5, 5.41) is 13.3. The highest BCUT2D eigenvalue weighted by atomic mass is 16.3. The number of carbonyl (C=O) groups excluding carboxylic acids is 1. The zero-order valence-electron chi connectivity index (χ0n) is 24.5. The number of piperidine rings is 1. The van der Waals surface area contributed by atoms with Crippen LogP contribution in [0.25, 0.3) is 16.7 Å². The number of phenols is 1. The minimum atomic E-state index is -0.100. The van der Waals surface area contributed by atoms with E-state index in [2.05, 4.69) is 34.5 Å². The van der Waals surface area contributed by atoms with Crippen molar-refractivity contribution in [1.82, 2.24) is 0 Å². The lowest BCUT2D eigenvalue weighted by atomic mass is 9.96. The minimum absolute atomic E-state index is 0.100. The first-order chi connectivity index (χ1) is 17.5. The van der Waals surface area contributed by atoms with E-state index in [0.29, 0.717) is 11.3 Å². The predicted octanol–water partition coefficient (Wildman–Crippen LogP) is 9.46. The summed E-state index contributed by atoms with van der Waals surface area (Å²) in [5.41, 5.74) is 6.16. The summed E-state index contributed by atoms with van der Waals surface area (Å²) in [5.74, 6) is 0.0850. The molecule has 2 N–H and O–H groups in total. The van der Waals surface area contributed by atoms with Gasteiger partial charge in [-0.3, -0.25) is 4.79 Å². The molecular formula is C32H50N2O2. The Hall–Kier alpha value is -3.01. The summed E-state index contributed by atoms with van der Waals surface area (Å²) in [6.45, 7) is 22.1. The van der Waals surface area contributed by atoms with Crippen LogP contribution in [0.2, 0.25) is 0 Å². The molecule has 0 aliphatic carbocycles. The number of hydrogen-bond donors (Lipinski definition) is 2. The number of hydrogen-bond acceptors (Lipinski definition) is 3. The van der Waals surface area contributed by atoms with Crippen molar-refractivity contribution in [2.45, 2.75) is 88.5 Å². The first-order valence-corrected chi connectivity index (χ1v) is 13.7. The zero-order valence-corrected chi connectivity index (χ0v) is 24.5. The van der Waals surface area contributed by atoms with Crippen molar-refractivity contribution in [3.8, 4) is 16.9 Å². The molecule has 2 aliphatic heterocycles. The number of amides is 1. The molecule has 1 amide bonds. The van der Waals surface area contributed by atoms with E-state index in [4.69, 9.17) is 0 Å². The Morgan fingerprint density at radius 1 is 0.833 bits per heavy atom. The van der Waals surface area contributed by atoms with Crippen LogP contribution in [-0.2, 0) is 4.79 Å². The van der Waals surface area contributed by atoms with Crippen molar-refractivity contribution in [2.24, 2.45) is 0 Å². The van der Waals surface area contributed by atoms with E-state index in [1.165, 1.54) is 24.9 Å². The molecule has 2 aliphatic rings. The maximum atomic E-state index is 12.2. The van der Waals surface area contributed by atoms with Gasteiger partial charge >= 0.3 is 0 Å². The molecule has 1 fully saturated rings. The molecule has 0 radical (unpaired) electrons. The lowest BCUT2D eigenvalue weighted by Crippen LogP contribution is -2.29. The van der Waals surface area contributed by atoms with Gasteiger partial charge in [-0.15, -0.1) is 0 Å². The molecule has 36 heavy (non-hydrogen) atoms. The Labute approximate surface area is 221 Å². The molecule has 0 spiro atoms. The first kappa shape index (κ1) is 33.0. The van der Waals surface area contributed by atoms with E-state index in [1.54, 1.807) is 6.07 Å². The second kappa shape index (κ2) is 18.3. The van der Waals surface area contributed by atoms with Gasteiger partial charge in [-0.05, 0) is 70.7 Å². The van der Waals surface area contributed by atoms with Gasteiger partial charge in [0.25, 0.3) is 5.91 Å². The van der Waals surface area contributed by atoms with Crippen LogP contribution in [0.15, 0.2) is 54.1 Å². The van der Waals surface area contributed by atoms with Crippen molar-refractivity contribution in [3.63, 3.8) is 0 Å². The second-order valence-electron chi connectivity index (χ2n) is 8.01. The van der Waals surface area contributed by atoms with Crippen LogP contribution in [-0.4, -0.2) is 24.1 Å². The molecule has 2 heterocycles. The number of anilines is 2. The average Bonchev–Trinajstić information content (AvgIpc) is 3.27. The number of nitrogens with zero attached hydrogens (tertiary/aromatic N) is 1. The zero-order chi connectivity index (χ0) is 27.7. The third-order valence-corrected chi connectivity index (χ3v) is 5.61. The molecule has 4 heteroatoms. The monoisotopic (exact) mass is 494 g/mol. The van der Waals surface area contributed by atoms with E-state index in [-0.39, 0.29) is 11.7 Å². The number of nitrogens with one attached hydrogen (secondary N) is 1. The van der Waals surface area contributed by atoms with Gasteiger partial charge < -0.3 is 15.3 Å². The fourth-order valence-corrected chi connectivity index (χ4v) is 3.94. The van der Waals surface area contributed by atoms with E-state index >= 15 is 0 Å². The van der Waals surface area contributed by atoms with Crippen molar-refractivity contribution in [3.05, 3.63) is 59.7 Å². The number of allylic oxidation sites excluding steroid dienone is 3. The summed E-state index contributed by atoms with van der Waals surface area (Å²) >= 11 is 0. The van der Waals surface area contributed by atoms with Gasteiger partial charge in [-0.25, -0.2) is 0 Å². The first-order valence-electron chi connectivity index (χ1n) is 13.7. The lowest BCUT2D eigenvalue weighted by molar-refractivity contribution is -0.110. The van der Waals surface area contributed by atoms with Gasteiger partial charge in [0.2, 0.25) is 0 Å². The van der Waals surface area contributed by atoms with Crippen LogP contribution >= 0.6 is 0 Å². The maximum Gasteiger partial charge on any atom is 0.256 e. The number of benzene rings is 2. The Morgan fingerprint density at radius 2 is 1.36 bits per heavy atom. The fourth-order valence-electron chi connectivity index (χ4n) is 3.94. The van der Waals surface area contributed by atoms with Crippen molar-refractivity contribution in [2.75, 3.05) is 23.3 Å². The number of rotatable bonds is 2. The van der Waals surface area contributed by atoms with Crippen molar-refractivity contribution in [1.29, 1.82) is 0 Å². The van der Waals surface area contributed by atoms with Gasteiger partial charge in [0.1, 0.15) is 5.75 Å². The van der Waals surface area contributed by atoms with E-state index in [1.807, 2.05) is 87.5 Å². The minimum Gasteiger partial charge on any atom is -0.507 e. The number of phenolic OH excluding ortho intramolecular Hbond substituents is 1. The molecule has 2 aromatic rings. The molecule has 0 atom stereocenters. The average molecular weight is 495 g/mol. The summed E-state index contributed by atoms with van der Waals surface area (Å²) < 4.78 is 0.